The quantitative estimate of drug-likeness (QED) is 0.268. The van der Waals surface area contributed by atoms with Crippen LogP contribution in [-0.4, -0.2) is 11.3 Å². The van der Waals surface area contributed by atoms with E-state index in [9.17, 15) is 0 Å². The molecule has 2 N–H and O–H groups in total. The van der Waals surface area contributed by atoms with Gasteiger partial charge in [0, 0.05) is 0 Å². The van der Waals surface area contributed by atoms with Crippen LogP contribution in [0.2, 0.25) is 0 Å². The molecule has 0 fully saturated rings. The smallest absolute Gasteiger partial charge is 0.231 e. The van der Waals surface area contributed by atoms with Gasteiger partial charge in [0.25, 0.3) is 0 Å². The van der Waals surface area contributed by atoms with Gasteiger partial charge in [-0.1, -0.05) is 23.5 Å². The molecule has 0 amide bonds. The van der Waals surface area contributed by atoms with Gasteiger partial charge < -0.3 is 5.84 Å². The van der Waals surface area contributed by atoms with Gasteiger partial charge in [-0.2, -0.15) is 5.10 Å². The second-order valence-corrected chi connectivity index (χ2v) is 3.45. The maximum Gasteiger partial charge on any atom is 0.231 e. The number of azo groups is 1. The summed E-state index contributed by atoms with van der Waals surface area (Å²) in [6.45, 7) is 0. The molecule has 14 heavy (non-hydrogen) atoms. The van der Waals surface area contributed by atoms with Crippen LogP contribution in [0.4, 0.5) is 5.13 Å². The Morgan fingerprint density at radius 1 is 1.36 bits per heavy atom. The predicted octanol–water partition coefficient (Wildman–Crippen LogP) is 2.28. The highest BCUT2D eigenvalue weighted by atomic mass is 32.1. The van der Waals surface area contributed by atoms with Crippen molar-refractivity contribution in [3.05, 3.63) is 24.3 Å². The van der Waals surface area contributed by atoms with E-state index in [0.717, 1.165) is 10.2 Å². The van der Waals surface area contributed by atoms with E-state index in [-0.39, 0.29) is 0 Å². The Hall–Kier alpha value is -1.82. The monoisotopic (exact) mass is 205 g/mol. The van der Waals surface area contributed by atoms with Crippen LogP contribution in [0.5, 0.6) is 0 Å². The third-order valence-corrected chi connectivity index (χ3v) is 2.46. The van der Waals surface area contributed by atoms with Crippen molar-refractivity contribution in [1.29, 1.82) is 0 Å². The summed E-state index contributed by atoms with van der Waals surface area (Å²) < 4.78 is 1.09. The molecule has 0 spiro atoms. The zero-order valence-corrected chi connectivity index (χ0v) is 7.98. The SMILES string of the molecule is NN=CN=Nc1nc2ccccc2s1. The summed E-state index contributed by atoms with van der Waals surface area (Å²) >= 11 is 1.47. The number of rotatable bonds is 2. The van der Waals surface area contributed by atoms with Crippen LogP contribution >= 0.6 is 11.3 Å². The van der Waals surface area contributed by atoms with Crippen LogP contribution in [0.3, 0.4) is 0 Å². The number of hydrazone groups is 1. The summed E-state index contributed by atoms with van der Waals surface area (Å²) in [7, 11) is 0. The highest BCUT2D eigenvalue weighted by Crippen LogP contribution is 2.27. The van der Waals surface area contributed by atoms with Crippen LogP contribution in [0, 0.1) is 0 Å². The highest BCUT2D eigenvalue weighted by molar-refractivity contribution is 7.21. The summed E-state index contributed by atoms with van der Waals surface area (Å²) in [6.07, 6.45) is 1.17. The zero-order valence-electron chi connectivity index (χ0n) is 7.16. The van der Waals surface area contributed by atoms with Crippen molar-refractivity contribution < 1.29 is 0 Å². The lowest BCUT2D eigenvalue weighted by molar-refractivity contribution is 1.20. The Morgan fingerprint density at radius 2 is 2.21 bits per heavy atom. The molecule has 0 aliphatic carbocycles. The number of hydrogen-bond acceptors (Lipinski definition) is 5. The molecular weight excluding hydrogens is 198 g/mol. The van der Waals surface area contributed by atoms with Crippen molar-refractivity contribution in [2.45, 2.75) is 0 Å². The number of thiazole rings is 1. The Bertz CT molecular complexity index is 454. The van der Waals surface area contributed by atoms with Gasteiger partial charge in [0.05, 0.1) is 10.2 Å². The van der Waals surface area contributed by atoms with Gasteiger partial charge >= 0.3 is 0 Å². The Kier molecular flexibility index (Phi) is 2.46. The van der Waals surface area contributed by atoms with E-state index in [1.165, 1.54) is 17.7 Å². The minimum atomic E-state index is 0.603. The molecule has 0 unspecified atom stereocenters. The minimum absolute atomic E-state index is 0.603. The third-order valence-electron chi connectivity index (χ3n) is 1.54. The van der Waals surface area contributed by atoms with E-state index in [2.05, 4.69) is 20.3 Å². The average molecular weight is 205 g/mol. The summed E-state index contributed by atoms with van der Waals surface area (Å²) in [5.41, 5.74) is 0.927. The lowest BCUT2D eigenvalue weighted by Crippen LogP contribution is -1.76. The molecule has 6 heteroatoms. The average Bonchev–Trinajstić information content (AvgIpc) is 2.60. The van der Waals surface area contributed by atoms with Crippen LogP contribution in [0.15, 0.2) is 39.6 Å². The second kappa shape index (κ2) is 3.93. The number of nitrogens with zero attached hydrogens (tertiary/aromatic N) is 4. The van der Waals surface area contributed by atoms with E-state index < -0.39 is 0 Å². The van der Waals surface area contributed by atoms with E-state index in [1.807, 2.05) is 24.3 Å². The summed E-state index contributed by atoms with van der Waals surface area (Å²) in [4.78, 5) is 4.24. The normalized spacial score (nSPS) is 12.0. The first-order valence-electron chi connectivity index (χ1n) is 3.88. The number of para-hydroxylation sites is 1. The van der Waals surface area contributed by atoms with Crippen molar-refractivity contribution in [3.63, 3.8) is 0 Å². The van der Waals surface area contributed by atoms with Crippen molar-refractivity contribution in [2.75, 3.05) is 0 Å². The topological polar surface area (TPSA) is 76.0 Å². The molecule has 1 aromatic carbocycles. The first kappa shape index (κ1) is 8.76. The van der Waals surface area contributed by atoms with Gasteiger partial charge in [0.15, 0.2) is 6.34 Å². The molecule has 0 aliphatic heterocycles. The van der Waals surface area contributed by atoms with Crippen molar-refractivity contribution in [3.8, 4) is 0 Å². The largest absolute Gasteiger partial charge is 0.322 e. The molecule has 2 aromatic rings. The van der Waals surface area contributed by atoms with Crippen LogP contribution in [0.1, 0.15) is 0 Å². The van der Waals surface area contributed by atoms with Crippen molar-refractivity contribution in [2.24, 2.45) is 21.2 Å². The number of benzene rings is 1. The maximum absolute atomic E-state index is 4.87. The molecule has 0 bridgehead atoms. The lowest BCUT2D eigenvalue weighted by Gasteiger charge is -1.80. The molecule has 0 saturated carbocycles. The summed E-state index contributed by atoms with van der Waals surface area (Å²) in [6, 6.07) is 7.82. The number of hydrogen-bond donors (Lipinski definition) is 1. The fourth-order valence-corrected chi connectivity index (χ4v) is 1.80. The van der Waals surface area contributed by atoms with E-state index in [1.54, 1.807) is 0 Å². The van der Waals surface area contributed by atoms with Gasteiger partial charge in [-0.15, -0.1) is 10.2 Å². The molecule has 5 nitrogen and oxygen atoms in total. The van der Waals surface area contributed by atoms with Gasteiger partial charge in [-0.25, -0.2) is 4.98 Å². The Labute approximate surface area is 84.0 Å². The van der Waals surface area contributed by atoms with Crippen LogP contribution in [0.25, 0.3) is 10.2 Å². The molecular formula is C8H7N5S. The molecule has 1 heterocycles. The van der Waals surface area contributed by atoms with Gasteiger partial charge in [-0.05, 0) is 12.1 Å². The molecule has 0 saturated heterocycles. The van der Waals surface area contributed by atoms with E-state index >= 15 is 0 Å². The summed E-state index contributed by atoms with van der Waals surface area (Å²) in [5, 5.41) is 11.2. The minimum Gasteiger partial charge on any atom is -0.322 e. The number of aromatic nitrogens is 1. The van der Waals surface area contributed by atoms with Crippen molar-refractivity contribution >= 4 is 33.0 Å². The van der Waals surface area contributed by atoms with E-state index in [4.69, 9.17) is 5.84 Å². The standard InChI is InChI=1S/C8H7N5S/c9-10-5-11-13-8-12-6-3-1-2-4-7(6)14-8/h1-5H,9H2. The third kappa shape index (κ3) is 1.74. The zero-order chi connectivity index (χ0) is 9.80. The van der Waals surface area contributed by atoms with Gasteiger partial charge in [0.2, 0.25) is 5.13 Å². The Balaban J connectivity index is 2.35. The Morgan fingerprint density at radius 3 is 3.00 bits per heavy atom. The van der Waals surface area contributed by atoms with Gasteiger partial charge in [-0.3, -0.25) is 0 Å². The predicted molar refractivity (Wildman–Crippen MR) is 56.8 cm³/mol. The van der Waals surface area contributed by atoms with E-state index in [0.29, 0.717) is 5.13 Å². The fraction of sp³-hybridized carbons (Fsp3) is 0. The summed E-state index contributed by atoms with van der Waals surface area (Å²) in [5.74, 6) is 4.87. The molecule has 0 atom stereocenters. The molecule has 70 valence electrons. The second-order valence-electron chi connectivity index (χ2n) is 2.44. The first-order chi connectivity index (χ1) is 6.90. The number of fused-ring (bicyclic) bond motifs is 1. The van der Waals surface area contributed by atoms with Crippen LogP contribution < -0.4 is 5.84 Å². The molecule has 2 rings (SSSR count). The molecule has 0 aliphatic rings. The number of nitrogens with two attached hydrogens (primary N) is 1. The maximum atomic E-state index is 4.87. The lowest BCUT2D eigenvalue weighted by atomic mass is 10.3. The first-order valence-corrected chi connectivity index (χ1v) is 4.70. The molecule has 0 radical (unpaired) electrons. The van der Waals surface area contributed by atoms with Crippen LogP contribution in [-0.2, 0) is 0 Å². The fourth-order valence-electron chi connectivity index (χ4n) is 1.01. The highest BCUT2D eigenvalue weighted by Gasteiger charge is 1.99. The van der Waals surface area contributed by atoms with Crippen molar-refractivity contribution in [1.82, 2.24) is 4.98 Å². The van der Waals surface area contributed by atoms with Gasteiger partial charge in [0.1, 0.15) is 0 Å². The molecule has 1 aromatic heterocycles.